The molecule has 1 fully saturated rings. The molecule has 1 aliphatic carbocycles. The van der Waals surface area contributed by atoms with Crippen LogP contribution in [0.4, 0.5) is 5.69 Å². The van der Waals surface area contributed by atoms with Crippen LogP contribution in [0.2, 0.25) is 0 Å². The highest BCUT2D eigenvalue weighted by Crippen LogP contribution is 2.26. The van der Waals surface area contributed by atoms with Gasteiger partial charge in [0, 0.05) is 22.4 Å². The normalized spacial score (nSPS) is 25.6. The third-order valence-corrected chi connectivity index (χ3v) is 3.36. The van der Waals surface area contributed by atoms with E-state index >= 15 is 0 Å². The number of anilines is 1. The second-order valence-corrected chi connectivity index (χ2v) is 4.92. The van der Waals surface area contributed by atoms with Crippen molar-refractivity contribution in [3.8, 4) is 0 Å². The minimum Gasteiger partial charge on any atom is -0.382 e. The molecule has 0 spiro atoms. The number of rotatable bonds is 3. The Kier molecular flexibility index (Phi) is 3.28. The highest BCUT2D eigenvalue weighted by molar-refractivity contribution is 14.1. The van der Waals surface area contributed by atoms with Gasteiger partial charge >= 0.3 is 0 Å². The first-order valence-electron chi connectivity index (χ1n) is 4.83. The lowest BCUT2D eigenvalue weighted by atomic mass is 9.89. The molecule has 2 rings (SSSR count). The summed E-state index contributed by atoms with van der Waals surface area (Å²) < 4.78 is 6.51. The molecule has 0 bridgehead atoms. The van der Waals surface area contributed by atoms with Crippen molar-refractivity contribution >= 4 is 28.3 Å². The van der Waals surface area contributed by atoms with E-state index in [9.17, 15) is 0 Å². The van der Waals surface area contributed by atoms with Gasteiger partial charge in [-0.15, -0.1) is 0 Å². The predicted molar refractivity (Wildman–Crippen MR) is 66.6 cm³/mol. The number of methoxy groups -OCH3 is 1. The van der Waals surface area contributed by atoms with Crippen LogP contribution in [-0.2, 0) is 4.74 Å². The average Bonchev–Trinajstić information content (AvgIpc) is 2.13. The van der Waals surface area contributed by atoms with Gasteiger partial charge in [0.05, 0.1) is 6.10 Å². The summed E-state index contributed by atoms with van der Waals surface area (Å²) in [6, 6.07) is 9.09. The summed E-state index contributed by atoms with van der Waals surface area (Å²) in [5.41, 5.74) is 1.21. The Morgan fingerprint density at radius 1 is 1.29 bits per heavy atom. The number of halogens is 1. The van der Waals surface area contributed by atoms with Crippen molar-refractivity contribution in [2.24, 2.45) is 0 Å². The van der Waals surface area contributed by atoms with E-state index in [1.165, 1.54) is 9.26 Å². The van der Waals surface area contributed by atoms with Crippen LogP contribution >= 0.6 is 22.6 Å². The number of hydrogen-bond donors (Lipinski definition) is 1. The van der Waals surface area contributed by atoms with Gasteiger partial charge in [0.2, 0.25) is 0 Å². The van der Waals surface area contributed by atoms with Crippen molar-refractivity contribution in [2.45, 2.75) is 25.0 Å². The van der Waals surface area contributed by atoms with Gasteiger partial charge in [0.25, 0.3) is 0 Å². The summed E-state index contributed by atoms with van der Waals surface area (Å²) in [6.07, 6.45) is 2.72. The standard InChI is InChI=1S/C11H14INO/c1-14-11-6-10(7-11)13-9-4-2-8(12)3-5-9/h2-5,10-11,13H,6-7H2,1H3. The molecule has 3 heteroatoms. The molecule has 0 unspecified atom stereocenters. The molecule has 1 saturated carbocycles. The summed E-state index contributed by atoms with van der Waals surface area (Å²) in [7, 11) is 1.78. The molecule has 2 nitrogen and oxygen atoms in total. The van der Waals surface area contributed by atoms with Crippen LogP contribution in [0.3, 0.4) is 0 Å². The molecular weight excluding hydrogens is 289 g/mol. The van der Waals surface area contributed by atoms with Crippen LogP contribution in [0.15, 0.2) is 24.3 Å². The van der Waals surface area contributed by atoms with Gasteiger partial charge in [-0.1, -0.05) is 0 Å². The Balaban J connectivity index is 1.84. The zero-order chi connectivity index (χ0) is 9.97. The largest absolute Gasteiger partial charge is 0.382 e. The van der Waals surface area contributed by atoms with Crippen LogP contribution in [0.5, 0.6) is 0 Å². The van der Waals surface area contributed by atoms with Crippen molar-refractivity contribution in [3.63, 3.8) is 0 Å². The van der Waals surface area contributed by atoms with Gasteiger partial charge in [0.15, 0.2) is 0 Å². The lowest BCUT2D eigenvalue weighted by molar-refractivity contribution is 0.0329. The topological polar surface area (TPSA) is 21.3 Å². The molecule has 0 saturated heterocycles. The summed E-state index contributed by atoms with van der Waals surface area (Å²) in [5, 5.41) is 3.49. The highest BCUT2D eigenvalue weighted by Gasteiger charge is 2.28. The molecule has 0 atom stereocenters. The summed E-state index contributed by atoms with van der Waals surface area (Å²) >= 11 is 2.31. The number of hydrogen-bond acceptors (Lipinski definition) is 2. The summed E-state index contributed by atoms with van der Waals surface area (Å²) in [6.45, 7) is 0. The van der Waals surface area contributed by atoms with E-state index in [-0.39, 0.29) is 0 Å². The molecule has 0 heterocycles. The van der Waals surface area contributed by atoms with Crippen LogP contribution in [-0.4, -0.2) is 19.3 Å². The molecule has 0 aromatic heterocycles. The minimum absolute atomic E-state index is 0.469. The van der Waals surface area contributed by atoms with Gasteiger partial charge in [0.1, 0.15) is 0 Å². The second-order valence-electron chi connectivity index (χ2n) is 3.68. The SMILES string of the molecule is COC1CC(Nc2ccc(I)cc2)C1. The second kappa shape index (κ2) is 4.49. The Bertz CT molecular complexity index is 293. The number of ether oxygens (including phenoxy) is 1. The fraction of sp³-hybridized carbons (Fsp3) is 0.455. The van der Waals surface area contributed by atoms with E-state index < -0.39 is 0 Å². The van der Waals surface area contributed by atoms with Gasteiger partial charge in [-0.25, -0.2) is 0 Å². The van der Waals surface area contributed by atoms with E-state index in [0.29, 0.717) is 12.1 Å². The lowest BCUT2D eigenvalue weighted by Gasteiger charge is -2.35. The zero-order valence-electron chi connectivity index (χ0n) is 8.16. The molecule has 1 aromatic rings. The van der Waals surface area contributed by atoms with Crippen molar-refractivity contribution in [3.05, 3.63) is 27.8 Å². The Hall–Kier alpha value is -0.290. The molecular formula is C11H14INO. The number of benzene rings is 1. The van der Waals surface area contributed by atoms with Gasteiger partial charge < -0.3 is 10.1 Å². The molecule has 1 aliphatic rings. The van der Waals surface area contributed by atoms with Crippen molar-refractivity contribution < 1.29 is 4.74 Å². The third kappa shape index (κ3) is 2.39. The molecule has 1 aromatic carbocycles. The van der Waals surface area contributed by atoms with Crippen LogP contribution in [0.1, 0.15) is 12.8 Å². The fourth-order valence-corrected chi connectivity index (χ4v) is 2.02. The lowest BCUT2D eigenvalue weighted by Crippen LogP contribution is -2.40. The quantitative estimate of drug-likeness (QED) is 0.867. The van der Waals surface area contributed by atoms with Crippen LogP contribution < -0.4 is 5.32 Å². The molecule has 0 aliphatic heterocycles. The highest BCUT2D eigenvalue weighted by atomic mass is 127. The summed E-state index contributed by atoms with van der Waals surface area (Å²) in [5.74, 6) is 0. The first kappa shape index (κ1) is 10.2. The van der Waals surface area contributed by atoms with E-state index in [1.54, 1.807) is 7.11 Å². The minimum atomic E-state index is 0.469. The molecule has 0 radical (unpaired) electrons. The maximum Gasteiger partial charge on any atom is 0.0610 e. The molecule has 1 N–H and O–H groups in total. The number of nitrogens with one attached hydrogen (secondary N) is 1. The maximum atomic E-state index is 5.23. The summed E-state index contributed by atoms with van der Waals surface area (Å²) in [4.78, 5) is 0. The van der Waals surface area contributed by atoms with E-state index in [0.717, 1.165) is 12.8 Å². The molecule has 76 valence electrons. The van der Waals surface area contributed by atoms with Gasteiger partial charge in [-0.05, 0) is 59.7 Å². The predicted octanol–water partition coefficient (Wildman–Crippen LogP) is 2.88. The van der Waals surface area contributed by atoms with Crippen LogP contribution in [0.25, 0.3) is 0 Å². The van der Waals surface area contributed by atoms with Crippen LogP contribution in [0, 0.1) is 3.57 Å². The molecule has 0 amide bonds. The maximum absolute atomic E-state index is 5.23. The van der Waals surface area contributed by atoms with Crippen molar-refractivity contribution in [2.75, 3.05) is 12.4 Å². The van der Waals surface area contributed by atoms with Crippen molar-refractivity contribution in [1.82, 2.24) is 0 Å². The monoisotopic (exact) mass is 303 g/mol. The Morgan fingerprint density at radius 3 is 2.50 bits per heavy atom. The van der Waals surface area contributed by atoms with Gasteiger partial charge in [-0.2, -0.15) is 0 Å². The smallest absolute Gasteiger partial charge is 0.0610 e. The first-order valence-corrected chi connectivity index (χ1v) is 5.90. The Morgan fingerprint density at radius 2 is 1.93 bits per heavy atom. The Labute approximate surface area is 98.2 Å². The van der Waals surface area contributed by atoms with E-state index in [2.05, 4.69) is 52.2 Å². The van der Waals surface area contributed by atoms with E-state index in [1.807, 2.05) is 0 Å². The van der Waals surface area contributed by atoms with Gasteiger partial charge in [-0.3, -0.25) is 0 Å². The zero-order valence-corrected chi connectivity index (χ0v) is 10.3. The fourth-order valence-electron chi connectivity index (χ4n) is 1.66. The molecule has 14 heavy (non-hydrogen) atoms. The van der Waals surface area contributed by atoms with E-state index in [4.69, 9.17) is 4.74 Å². The third-order valence-electron chi connectivity index (χ3n) is 2.64. The van der Waals surface area contributed by atoms with Crippen molar-refractivity contribution in [1.29, 1.82) is 0 Å². The average molecular weight is 303 g/mol. The first-order chi connectivity index (χ1) is 6.78.